The van der Waals surface area contributed by atoms with Gasteiger partial charge in [-0.2, -0.15) is 13.2 Å². The first-order valence-corrected chi connectivity index (χ1v) is 4.85. The molecule has 0 aliphatic heterocycles. The Balaban J connectivity index is 3.64. The van der Waals surface area contributed by atoms with Crippen LogP contribution in [0.2, 0.25) is 0 Å². The van der Waals surface area contributed by atoms with E-state index in [0.29, 0.717) is 6.20 Å². The van der Waals surface area contributed by atoms with Gasteiger partial charge in [0.05, 0.1) is 5.56 Å². The zero-order valence-corrected chi connectivity index (χ0v) is 9.32. The molecule has 0 radical (unpaired) electrons. The molecule has 1 rings (SSSR count). The standard InChI is InChI=1S/C9H6ClF5N2O/c10-7(18)5-3(1-16)4(8(11)12)2-17-6(5)9(13,14)15/h2,8H,1,16H2. The molecule has 0 aliphatic rings. The van der Waals surface area contributed by atoms with Crippen molar-refractivity contribution in [3.05, 3.63) is 28.6 Å². The molecular weight excluding hydrogens is 283 g/mol. The molecule has 1 aromatic heterocycles. The Morgan fingerprint density at radius 1 is 1.44 bits per heavy atom. The Morgan fingerprint density at radius 3 is 2.33 bits per heavy atom. The van der Waals surface area contributed by atoms with Crippen LogP contribution in [0.5, 0.6) is 0 Å². The van der Waals surface area contributed by atoms with Gasteiger partial charge in [-0.3, -0.25) is 9.78 Å². The summed E-state index contributed by atoms with van der Waals surface area (Å²) in [5, 5.41) is -1.53. The van der Waals surface area contributed by atoms with E-state index in [1.807, 2.05) is 0 Å². The molecule has 1 aromatic rings. The number of aromatic nitrogens is 1. The van der Waals surface area contributed by atoms with Crippen molar-refractivity contribution < 1.29 is 26.7 Å². The minimum absolute atomic E-state index is 0.346. The van der Waals surface area contributed by atoms with E-state index in [2.05, 4.69) is 4.98 Å². The van der Waals surface area contributed by atoms with Crippen LogP contribution in [0.4, 0.5) is 22.0 Å². The summed E-state index contributed by atoms with van der Waals surface area (Å²) < 4.78 is 62.8. The van der Waals surface area contributed by atoms with Gasteiger partial charge in [-0.15, -0.1) is 0 Å². The van der Waals surface area contributed by atoms with Gasteiger partial charge in [0.1, 0.15) is 0 Å². The Bertz CT molecular complexity index is 475. The third-order valence-corrected chi connectivity index (χ3v) is 2.31. The summed E-state index contributed by atoms with van der Waals surface area (Å²) in [5.74, 6) is 0. The smallest absolute Gasteiger partial charge is 0.326 e. The van der Waals surface area contributed by atoms with Gasteiger partial charge in [-0.25, -0.2) is 8.78 Å². The maximum Gasteiger partial charge on any atom is 0.434 e. The lowest BCUT2D eigenvalue weighted by Gasteiger charge is -2.15. The van der Waals surface area contributed by atoms with Crippen LogP contribution in [-0.4, -0.2) is 10.2 Å². The van der Waals surface area contributed by atoms with Crippen molar-refractivity contribution in [2.75, 3.05) is 0 Å². The van der Waals surface area contributed by atoms with E-state index in [-0.39, 0.29) is 0 Å². The lowest BCUT2D eigenvalue weighted by atomic mass is 10.0. The second-order valence-corrected chi connectivity index (χ2v) is 3.54. The van der Waals surface area contributed by atoms with Gasteiger partial charge < -0.3 is 5.73 Å². The monoisotopic (exact) mass is 288 g/mol. The van der Waals surface area contributed by atoms with Crippen LogP contribution in [-0.2, 0) is 12.7 Å². The van der Waals surface area contributed by atoms with Gasteiger partial charge in [0.15, 0.2) is 5.69 Å². The second kappa shape index (κ2) is 5.15. The molecule has 0 bridgehead atoms. The molecule has 0 aliphatic carbocycles. The van der Waals surface area contributed by atoms with Crippen molar-refractivity contribution in [2.24, 2.45) is 5.73 Å². The average molecular weight is 289 g/mol. The predicted molar refractivity (Wildman–Crippen MR) is 52.3 cm³/mol. The number of carbonyl (C=O) groups is 1. The Morgan fingerprint density at radius 2 is 2.00 bits per heavy atom. The zero-order valence-electron chi connectivity index (χ0n) is 8.56. The van der Waals surface area contributed by atoms with E-state index in [4.69, 9.17) is 17.3 Å². The zero-order chi connectivity index (χ0) is 14.1. The lowest BCUT2D eigenvalue weighted by molar-refractivity contribution is -0.141. The number of halogens is 6. The van der Waals surface area contributed by atoms with E-state index in [0.717, 1.165) is 0 Å². The molecule has 18 heavy (non-hydrogen) atoms. The van der Waals surface area contributed by atoms with Gasteiger partial charge in [0.25, 0.3) is 11.7 Å². The summed E-state index contributed by atoms with van der Waals surface area (Å²) in [6.07, 6.45) is -7.74. The van der Waals surface area contributed by atoms with Gasteiger partial charge in [0, 0.05) is 18.3 Å². The normalized spacial score (nSPS) is 12.0. The third kappa shape index (κ3) is 2.75. The Kier molecular flexibility index (Phi) is 4.23. The van der Waals surface area contributed by atoms with E-state index in [1.54, 1.807) is 0 Å². The molecule has 0 unspecified atom stereocenters. The molecule has 0 fully saturated rings. The number of nitrogens with zero attached hydrogens (tertiary/aromatic N) is 1. The summed E-state index contributed by atoms with van der Waals surface area (Å²) in [5.41, 5.74) is 0.876. The lowest BCUT2D eigenvalue weighted by Crippen LogP contribution is -2.19. The molecule has 0 saturated carbocycles. The molecule has 100 valence electrons. The summed E-state index contributed by atoms with van der Waals surface area (Å²) in [6, 6.07) is 0. The van der Waals surface area contributed by atoms with Gasteiger partial charge in [-0.05, 0) is 17.2 Å². The number of rotatable bonds is 3. The quantitative estimate of drug-likeness (QED) is 0.687. The van der Waals surface area contributed by atoms with E-state index in [1.165, 1.54) is 0 Å². The number of nitrogens with two attached hydrogens (primary N) is 1. The molecular formula is C9H6ClF5N2O. The molecule has 0 spiro atoms. The van der Waals surface area contributed by atoms with Crippen LogP contribution in [0.3, 0.4) is 0 Å². The highest BCUT2D eigenvalue weighted by Gasteiger charge is 2.39. The highest BCUT2D eigenvalue weighted by Crippen LogP contribution is 2.35. The second-order valence-electron chi connectivity index (χ2n) is 3.19. The molecule has 0 atom stereocenters. The topological polar surface area (TPSA) is 56.0 Å². The van der Waals surface area contributed by atoms with Gasteiger partial charge in [-0.1, -0.05) is 0 Å². The summed E-state index contributed by atoms with van der Waals surface area (Å²) in [6.45, 7) is -0.681. The largest absolute Gasteiger partial charge is 0.434 e. The third-order valence-electron chi connectivity index (χ3n) is 2.12. The Hall–Kier alpha value is -1.28. The summed E-state index contributed by atoms with van der Waals surface area (Å²) in [7, 11) is 0. The van der Waals surface area contributed by atoms with Crippen LogP contribution in [0.1, 0.15) is 33.6 Å². The van der Waals surface area contributed by atoms with Crippen molar-refractivity contribution in [1.29, 1.82) is 0 Å². The van der Waals surface area contributed by atoms with E-state index >= 15 is 0 Å². The average Bonchev–Trinajstić information content (AvgIpc) is 2.25. The summed E-state index contributed by atoms with van der Waals surface area (Å²) >= 11 is 5.00. The minimum Gasteiger partial charge on any atom is -0.326 e. The van der Waals surface area contributed by atoms with Crippen molar-refractivity contribution in [3.63, 3.8) is 0 Å². The van der Waals surface area contributed by atoms with Crippen LogP contribution in [0.25, 0.3) is 0 Å². The summed E-state index contributed by atoms with van der Waals surface area (Å²) in [4.78, 5) is 13.8. The van der Waals surface area contributed by atoms with Gasteiger partial charge >= 0.3 is 6.18 Å². The van der Waals surface area contributed by atoms with Crippen molar-refractivity contribution in [2.45, 2.75) is 19.1 Å². The van der Waals surface area contributed by atoms with Crippen LogP contribution in [0.15, 0.2) is 6.20 Å². The SMILES string of the molecule is NCc1c(C(F)F)cnc(C(F)(F)F)c1C(=O)Cl. The molecule has 9 heteroatoms. The molecule has 0 saturated heterocycles. The first-order chi connectivity index (χ1) is 8.20. The molecule has 0 amide bonds. The maximum absolute atomic E-state index is 12.6. The van der Waals surface area contributed by atoms with Crippen molar-refractivity contribution in [1.82, 2.24) is 4.98 Å². The number of pyridine rings is 1. The molecule has 2 N–H and O–H groups in total. The highest BCUT2D eigenvalue weighted by atomic mass is 35.5. The maximum atomic E-state index is 12.6. The Labute approximate surface area is 103 Å². The fourth-order valence-corrected chi connectivity index (χ4v) is 1.60. The number of carbonyl (C=O) groups excluding carboxylic acids is 1. The number of hydrogen-bond donors (Lipinski definition) is 1. The first-order valence-electron chi connectivity index (χ1n) is 4.47. The van der Waals surface area contributed by atoms with Crippen molar-refractivity contribution >= 4 is 16.8 Å². The molecule has 1 heterocycles. The fourth-order valence-electron chi connectivity index (χ4n) is 1.40. The predicted octanol–water partition coefficient (Wildman–Crippen LogP) is 2.88. The van der Waals surface area contributed by atoms with E-state index < -0.39 is 46.8 Å². The number of alkyl halides is 5. The van der Waals surface area contributed by atoms with Gasteiger partial charge in [0.2, 0.25) is 0 Å². The van der Waals surface area contributed by atoms with Crippen molar-refractivity contribution in [3.8, 4) is 0 Å². The fraction of sp³-hybridized carbons (Fsp3) is 0.333. The van der Waals surface area contributed by atoms with Crippen LogP contribution >= 0.6 is 11.6 Å². The first kappa shape index (κ1) is 14.8. The number of hydrogen-bond acceptors (Lipinski definition) is 3. The molecule has 0 aromatic carbocycles. The molecule has 3 nitrogen and oxygen atoms in total. The van der Waals surface area contributed by atoms with Crippen LogP contribution < -0.4 is 5.73 Å². The van der Waals surface area contributed by atoms with E-state index in [9.17, 15) is 26.7 Å². The van der Waals surface area contributed by atoms with Crippen LogP contribution in [0, 0.1) is 0 Å². The minimum atomic E-state index is -4.98. The highest BCUT2D eigenvalue weighted by molar-refractivity contribution is 6.68.